The van der Waals surface area contributed by atoms with Gasteiger partial charge in [0.15, 0.2) is 6.61 Å². The van der Waals surface area contributed by atoms with Gasteiger partial charge in [0, 0.05) is 10.2 Å². The Bertz CT molecular complexity index is 616. The van der Waals surface area contributed by atoms with Crippen molar-refractivity contribution in [3.63, 3.8) is 0 Å². The number of hydrogen-bond donors (Lipinski definition) is 2. The number of carbonyl (C=O) groups excluding carboxylic acids is 1. The molecule has 0 heterocycles. The molecule has 0 aliphatic rings. The highest BCUT2D eigenvalue weighted by atomic mass is 79.9. The maximum atomic E-state index is 11.7. The average molecular weight is 357 g/mol. The third kappa shape index (κ3) is 4.15. The van der Waals surface area contributed by atoms with Crippen LogP contribution in [0.2, 0.25) is 5.02 Å². The molecule has 20 heavy (non-hydrogen) atoms. The van der Waals surface area contributed by atoms with Crippen LogP contribution in [0.4, 0.5) is 5.69 Å². The van der Waals surface area contributed by atoms with Gasteiger partial charge in [0.2, 0.25) is 0 Å². The maximum Gasteiger partial charge on any atom is 0.262 e. The van der Waals surface area contributed by atoms with Gasteiger partial charge < -0.3 is 15.2 Å². The summed E-state index contributed by atoms with van der Waals surface area (Å²) in [4.78, 5) is 11.7. The van der Waals surface area contributed by atoms with Gasteiger partial charge in [0.1, 0.15) is 11.5 Å². The van der Waals surface area contributed by atoms with Crippen molar-refractivity contribution >= 4 is 39.1 Å². The molecule has 2 N–H and O–H groups in total. The Morgan fingerprint density at radius 2 is 1.95 bits per heavy atom. The zero-order chi connectivity index (χ0) is 14.5. The number of phenols is 1. The Balaban J connectivity index is 1.90. The van der Waals surface area contributed by atoms with Crippen LogP contribution in [0.3, 0.4) is 0 Å². The average Bonchev–Trinajstić information content (AvgIpc) is 2.40. The molecule has 2 aromatic carbocycles. The highest BCUT2D eigenvalue weighted by molar-refractivity contribution is 9.10. The lowest BCUT2D eigenvalue weighted by atomic mass is 10.3. The Labute approximate surface area is 129 Å². The summed E-state index contributed by atoms with van der Waals surface area (Å²) in [6.45, 7) is -0.151. The van der Waals surface area contributed by atoms with Crippen LogP contribution >= 0.6 is 27.5 Å². The first kappa shape index (κ1) is 14.7. The van der Waals surface area contributed by atoms with Crippen LogP contribution < -0.4 is 10.1 Å². The van der Waals surface area contributed by atoms with Gasteiger partial charge in [-0.15, -0.1) is 0 Å². The normalized spacial score (nSPS) is 10.1. The fourth-order valence-electron chi connectivity index (χ4n) is 1.48. The van der Waals surface area contributed by atoms with Gasteiger partial charge in [-0.3, -0.25) is 4.79 Å². The first-order valence-corrected chi connectivity index (χ1v) is 6.88. The van der Waals surface area contributed by atoms with Crippen LogP contribution in [0.25, 0.3) is 0 Å². The van der Waals surface area contributed by atoms with Gasteiger partial charge in [0.05, 0.1) is 5.02 Å². The number of halogens is 2. The molecule has 2 aromatic rings. The maximum absolute atomic E-state index is 11.7. The molecule has 0 aliphatic heterocycles. The summed E-state index contributed by atoms with van der Waals surface area (Å²) in [5.41, 5.74) is 0.582. The molecule has 0 spiro atoms. The Hall–Kier alpha value is -1.72. The number of rotatable bonds is 4. The standard InChI is InChI=1S/C14H11BrClNO3/c15-9-1-6-13(12(16)7-9)20-8-14(19)17-10-2-4-11(18)5-3-10/h1-7,18H,8H2,(H,17,19). The van der Waals surface area contributed by atoms with Crippen LogP contribution in [0, 0.1) is 0 Å². The van der Waals surface area contributed by atoms with Gasteiger partial charge in [-0.1, -0.05) is 27.5 Å². The summed E-state index contributed by atoms with van der Waals surface area (Å²) in [7, 11) is 0. The number of carbonyl (C=O) groups is 1. The van der Waals surface area contributed by atoms with E-state index in [-0.39, 0.29) is 18.3 Å². The van der Waals surface area contributed by atoms with Gasteiger partial charge in [-0.25, -0.2) is 0 Å². The number of amides is 1. The fraction of sp³-hybridized carbons (Fsp3) is 0.0714. The van der Waals surface area contributed by atoms with Gasteiger partial charge in [0.25, 0.3) is 5.91 Å². The topological polar surface area (TPSA) is 58.6 Å². The Morgan fingerprint density at radius 3 is 2.60 bits per heavy atom. The second kappa shape index (κ2) is 6.63. The van der Waals surface area contributed by atoms with Gasteiger partial charge >= 0.3 is 0 Å². The van der Waals surface area contributed by atoms with E-state index in [2.05, 4.69) is 21.2 Å². The quantitative estimate of drug-likeness (QED) is 0.819. The summed E-state index contributed by atoms with van der Waals surface area (Å²) in [6.07, 6.45) is 0. The molecular formula is C14H11BrClNO3. The van der Waals surface area contributed by atoms with Gasteiger partial charge in [-0.2, -0.15) is 0 Å². The molecule has 2 rings (SSSR count). The third-order valence-corrected chi connectivity index (χ3v) is 3.19. The molecule has 0 aromatic heterocycles. The van der Waals surface area contributed by atoms with Crippen LogP contribution in [0.1, 0.15) is 0 Å². The van der Waals surface area contributed by atoms with Crippen molar-refractivity contribution in [2.24, 2.45) is 0 Å². The molecule has 0 radical (unpaired) electrons. The highest BCUT2D eigenvalue weighted by Crippen LogP contribution is 2.27. The largest absolute Gasteiger partial charge is 0.508 e. The monoisotopic (exact) mass is 355 g/mol. The van der Waals surface area contributed by atoms with E-state index in [9.17, 15) is 4.79 Å². The number of nitrogens with one attached hydrogen (secondary N) is 1. The van der Waals surface area contributed by atoms with Crippen molar-refractivity contribution < 1.29 is 14.6 Å². The molecule has 0 fully saturated rings. The summed E-state index contributed by atoms with van der Waals surface area (Å²) >= 11 is 9.26. The smallest absolute Gasteiger partial charge is 0.262 e. The number of anilines is 1. The number of hydrogen-bond acceptors (Lipinski definition) is 3. The molecule has 0 saturated carbocycles. The minimum atomic E-state index is -0.310. The SMILES string of the molecule is O=C(COc1ccc(Br)cc1Cl)Nc1ccc(O)cc1. The molecule has 4 nitrogen and oxygen atoms in total. The molecule has 0 bridgehead atoms. The molecular weight excluding hydrogens is 346 g/mol. The Kier molecular flexibility index (Phi) is 4.87. The molecule has 1 amide bonds. The molecule has 0 atom stereocenters. The second-order valence-electron chi connectivity index (χ2n) is 3.96. The fourth-order valence-corrected chi connectivity index (χ4v) is 2.21. The lowest BCUT2D eigenvalue weighted by molar-refractivity contribution is -0.118. The summed E-state index contributed by atoms with van der Waals surface area (Å²) in [5.74, 6) is 0.270. The number of aromatic hydroxyl groups is 1. The third-order valence-electron chi connectivity index (χ3n) is 2.40. The zero-order valence-corrected chi connectivity index (χ0v) is 12.6. The van der Waals surface area contributed by atoms with E-state index in [4.69, 9.17) is 21.4 Å². The Morgan fingerprint density at radius 1 is 1.25 bits per heavy atom. The second-order valence-corrected chi connectivity index (χ2v) is 5.28. The summed E-state index contributed by atoms with van der Waals surface area (Å²) in [6, 6.07) is 11.3. The summed E-state index contributed by atoms with van der Waals surface area (Å²) in [5, 5.41) is 12.2. The predicted molar refractivity (Wildman–Crippen MR) is 81.4 cm³/mol. The molecule has 0 unspecified atom stereocenters. The van der Waals surface area contributed by atoms with Crippen molar-refractivity contribution in [2.45, 2.75) is 0 Å². The van der Waals surface area contributed by atoms with Crippen LogP contribution in [0.15, 0.2) is 46.9 Å². The van der Waals surface area contributed by atoms with Crippen molar-refractivity contribution in [1.29, 1.82) is 0 Å². The van der Waals surface area contributed by atoms with Crippen molar-refractivity contribution in [3.05, 3.63) is 52.0 Å². The molecule has 6 heteroatoms. The van der Waals surface area contributed by atoms with E-state index in [0.717, 1.165) is 4.47 Å². The highest BCUT2D eigenvalue weighted by Gasteiger charge is 2.06. The molecule has 0 aliphatic carbocycles. The first-order valence-electron chi connectivity index (χ1n) is 5.71. The van der Waals surface area contributed by atoms with Crippen molar-refractivity contribution in [1.82, 2.24) is 0 Å². The van der Waals surface area contributed by atoms with Crippen LogP contribution in [0.5, 0.6) is 11.5 Å². The predicted octanol–water partition coefficient (Wildman–Crippen LogP) is 3.83. The number of phenolic OH excluding ortho intramolecular Hbond substituents is 1. The van der Waals surface area contributed by atoms with Crippen LogP contribution in [-0.2, 0) is 4.79 Å². The van der Waals surface area contributed by atoms with E-state index >= 15 is 0 Å². The molecule has 104 valence electrons. The summed E-state index contributed by atoms with van der Waals surface area (Å²) < 4.78 is 6.17. The number of benzene rings is 2. The van der Waals surface area contributed by atoms with Crippen LogP contribution in [-0.4, -0.2) is 17.6 Å². The molecule has 0 saturated heterocycles. The lowest BCUT2D eigenvalue weighted by Gasteiger charge is -2.09. The lowest BCUT2D eigenvalue weighted by Crippen LogP contribution is -2.20. The first-order chi connectivity index (χ1) is 9.54. The van der Waals surface area contributed by atoms with E-state index in [1.807, 2.05) is 0 Å². The van der Waals surface area contributed by atoms with E-state index in [0.29, 0.717) is 16.5 Å². The van der Waals surface area contributed by atoms with E-state index in [1.165, 1.54) is 12.1 Å². The zero-order valence-electron chi connectivity index (χ0n) is 10.3. The minimum Gasteiger partial charge on any atom is -0.508 e. The van der Waals surface area contributed by atoms with Crippen molar-refractivity contribution in [3.8, 4) is 11.5 Å². The minimum absolute atomic E-state index is 0.140. The van der Waals surface area contributed by atoms with Gasteiger partial charge in [-0.05, 0) is 42.5 Å². The number of ether oxygens (including phenoxy) is 1. The van der Waals surface area contributed by atoms with Crippen molar-refractivity contribution in [2.75, 3.05) is 11.9 Å². The van der Waals surface area contributed by atoms with E-state index < -0.39 is 0 Å². The van der Waals surface area contributed by atoms with E-state index in [1.54, 1.807) is 30.3 Å².